The second-order valence-corrected chi connectivity index (χ2v) is 4.43. The highest BCUT2D eigenvalue weighted by Gasteiger charge is 2.36. The molecule has 0 spiro atoms. The molecule has 3 nitrogen and oxygen atoms in total. The fraction of sp³-hybridized carbons (Fsp3) is 0.417. The number of pyridine rings is 1. The minimum Gasteiger partial charge on any atom is -0.365 e. The molecule has 6 heteroatoms. The lowest BCUT2D eigenvalue weighted by Gasteiger charge is -2.18. The van der Waals surface area contributed by atoms with Gasteiger partial charge >= 0.3 is 6.18 Å². The van der Waals surface area contributed by atoms with Crippen molar-refractivity contribution in [2.45, 2.75) is 32.1 Å². The van der Waals surface area contributed by atoms with Crippen LogP contribution >= 0.6 is 0 Å². The number of nitrogens with zero attached hydrogens (tertiary/aromatic N) is 1. The standard InChI is InChI=1S/C12H14F3N3/c1-7(2)8-3-4-9(11-16-5-6-17-11)18-10(8)12(13,14)15/h3-7,11,16-17H,1-2H3. The molecule has 0 aliphatic carbocycles. The average molecular weight is 257 g/mol. The molecule has 1 aromatic rings. The van der Waals surface area contributed by atoms with E-state index < -0.39 is 18.0 Å². The zero-order valence-corrected chi connectivity index (χ0v) is 10.0. The van der Waals surface area contributed by atoms with E-state index in [1.807, 2.05) is 0 Å². The van der Waals surface area contributed by atoms with Crippen molar-refractivity contribution < 1.29 is 13.2 Å². The van der Waals surface area contributed by atoms with E-state index in [0.717, 1.165) is 0 Å². The van der Waals surface area contributed by atoms with E-state index in [-0.39, 0.29) is 11.5 Å². The van der Waals surface area contributed by atoms with E-state index in [2.05, 4.69) is 15.6 Å². The van der Waals surface area contributed by atoms with Crippen LogP contribution in [0.2, 0.25) is 0 Å². The maximum Gasteiger partial charge on any atom is 0.433 e. The fourth-order valence-electron chi connectivity index (χ4n) is 1.85. The predicted molar refractivity (Wildman–Crippen MR) is 61.5 cm³/mol. The fourth-order valence-corrected chi connectivity index (χ4v) is 1.85. The first kappa shape index (κ1) is 12.7. The molecule has 0 radical (unpaired) electrons. The van der Waals surface area contributed by atoms with Gasteiger partial charge < -0.3 is 10.6 Å². The quantitative estimate of drug-likeness (QED) is 0.855. The molecule has 1 aliphatic rings. The van der Waals surface area contributed by atoms with Crippen molar-refractivity contribution in [1.82, 2.24) is 15.6 Å². The molecular formula is C12H14F3N3. The van der Waals surface area contributed by atoms with Crippen LogP contribution in [-0.2, 0) is 6.18 Å². The van der Waals surface area contributed by atoms with Gasteiger partial charge in [0.1, 0.15) is 11.9 Å². The first-order valence-electron chi connectivity index (χ1n) is 5.64. The van der Waals surface area contributed by atoms with Crippen molar-refractivity contribution in [3.8, 4) is 0 Å². The molecular weight excluding hydrogens is 243 g/mol. The molecule has 0 aromatic carbocycles. The summed E-state index contributed by atoms with van der Waals surface area (Å²) < 4.78 is 38.9. The molecule has 1 aromatic heterocycles. The third kappa shape index (κ3) is 2.42. The molecule has 0 unspecified atom stereocenters. The van der Waals surface area contributed by atoms with Crippen LogP contribution in [0.5, 0.6) is 0 Å². The van der Waals surface area contributed by atoms with Gasteiger partial charge in [-0.15, -0.1) is 0 Å². The van der Waals surface area contributed by atoms with Gasteiger partial charge in [-0.25, -0.2) is 4.98 Å². The number of aromatic nitrogens is 1. The second-order valence-electron chi connectivity index (χ2n) is 4.43. The topological polar surface area (TPSA) is 37.0 Å². The number of rotatable bonds is 2. The van der Waals surface area contributed by atoms with Crippen LogP contribution in [0.3, 0.4) is 0 Å². The van der Waals surface area contributed by atoms with Crippen LogP contribution in [-0.4, -0.2) is 4.98 Å². The zero-order valence-electron chi connectivity index (χ0n) is 10.0. The summed E-state index contributed by atoms with van der Waals surface area (Å²) in [7, 11) is 0. The van der Waals surface area contributed by atoms with Crippen LogP contribution in [0.15, 0.2) is 24.5 Å². The van der Waals surface area contributed by atoms with Crippen molar-refractivity contribution in [2.75, 3.05) is 0 Å². The summed E-state index contributed by atoms with van der Waals surface area (Å²) >= 11 is 0. The van der Waals surface area contributed by atoms with Gasteiger partial charge in [0, 0.05) is 12.4 Å². The number of hydrogen-bond donors (Lipinski definition) is 2. The number of nitrogens with one attached hydrogen (secondary N) is 2. The summed E-state index contributed by atoms with van der Waals surface area (Å²) in [4.78, 5) is 3.76. The monoisotopic (exact) mass is 257 g/mol. The molecule has 0 amide bonds. The van der Waals surface area contributed by atoms with Crippen LogP contribution < -0.4 is 10.6 Å². The highest BCUT2D eigenvalue weighted by atomic mass is 19.4. The summed E-state index contributed by atoms with van der Waals surface area (Å²) in [5.41, 5.74) is -0.251. The summed E-state index contributed by atoms with van der Waals surface area (Å²) in [5.74, 6) is -0.217. The molecule has 2 N–H and O–H groups in total. The lowest BCUT2D eigenvalue weighted by atomic mass is 10.0. The summed E-state index contributed by atoms with van der Waals surface area (Å²) in [6.45, 7) is 3.44. The minimum atomic E-state index is -4.43. The molecule has 18 heavy (non-hydrogen) atoms. The maximum absolute atomic E-state index is 13.0. The predicted octanol–water partition coefficient (Wildman–Crippen LogP) is 2.89. The van der Waals surface area contributed by atoms with Gasteiger partial charge in [-0.3, -0.25) is 0 Å². The Morgan fingerprint density at radius 2 is 1.78 bits per heavy atom. The Bertz CT molecular complexity index is 458. The van der Waals surface area contributed by atoms with Gasteiger partial charge in [-0.05, 0) is 17.5 Å². The van der Waals surface area contributed by atoms with Gasteiger partial charge in [0.15, 0.2) is 0 Å². The highest BCUT2D eigenvalue weighted by molar-refractivity contribution is 5.29. The van der Waals surface area contributed by atoms with E-state index in [1.165, 1.54) is 6.07 Å². The Morgan fingerprint density at radius 3 is 2.28 bits per heavy atom. The van der Waals surface area contributed by atoms with E-state index in [4.69, 9.17) is 0 Å². The molecule has 98 valence electrons. The van der Waals surface area contributed by atoms with Crippen molar-refractivity contribution in [1.29, 1.82) is 0 Å². The largest absolute Gasteiger partial charge is 0.433 e. The lowest BCUT2D eigenvalue weighted by Crippen LogP contribution is -2.24. The number of hydrogen-bond acceptors (Lipinski definition) is 3. The van der Waals surface area contributed by atoms with Gasteiger partial charge in [-0.2, -0.15) is 13.2 Å². The van der Waals surface area contributed by atoms with E-state index >= 15 is 0 Å². The summed E-state index contributed by atoms with van der Waals surface area (Å²) in [5, 5.41) is 5.76. The van der Waals surface area contributed by atoms with E-state index in [0.29, 0.717) is 5.69 Å². The Balaban J connectivity index is 2.42. The third-order valence-corrected chi connectivity index (χ3v) is 2.74. The molecule has 2 rings (SSSR count). The maximum atomic E-state index is 13.0. The van der Waals surface area contributed by atoms with Gasteiger partial charge in [0.2, 0.25) is 0 Å². The third-order valence-electron chi connectivity index (χ3n) is 2.74. The van der Waals surface area contributed by atoms with Crippen molar-refractivity contribution in [3.05, 3.63) is 41.5 Å². The summed E-state index contributed by atoms with van der Waals surface area (Å²) in [6.07, 6.45) is -1.56. The zero-order chi connectivity index (χ0) is 13.3. The Labute approximate surface area is 103 Å². The average Bonchev–Trinajstić information content (AvgIpc) is 2.80. The SMILES string of the molecule is CC(C)c1ccc(C2NC=CN2)nc1C(F)(F)F. The number of alkyl halides is 3. The van der Waals surface area contributed by atoms with E-state index in [9.17, 15) is 13.2 Å². The first-order valence-corrected chi connectivity index (χ1v) is 5.64. The van der Waals surface area contributed by atoms with E-state index in [1.54, 1.807) is 32.3 Å². The van der Waals surface area contributed by atoms with Crippen molar-refractivity contribution in [3.63, 3.8) is 0 Å². The lowest BCUT2D eigenvalue weighted by molar-refractivity contribution is -0.142. The van der Waals surface area contributed by atoms with Gasteiger partial charge in [0.05, 0.1) is 5.69 Å². The van der Waals surface area contributed by atoms with Gasteiger partial charge in [-0.1, -0.05) is 19.9 Å². The molecule has 0 fully saturated rings. The Morgan fingerprint density at radius 1 is 1.17 bits per heavy atom. The molecule has 0 saturated carbocycles. The highest BCUT2D eigenvalue weighted by Crippen LogP contribution is 2.34. The first-order chi connectivity index (χ1) is 8.39. The number of halogens is 3. The Hall–Kier alpha value is -1.72. The Kier molecular flexibility index (Phi) is 3.19. The molecule has 1 aliphatic heterocycles. The molecule has 2 heterocycles. The van der Waals surface area contributed by atoms with Crippen LogP contribution in [0.1, 0.15) is 42.9 Å². The van der Waals surface area contributed by atoms with Gasteiger partial charge in [0.25, 0.3) is 0 Å². The van der Waals surface area contributed by atoms with Crippen LogP contribution in [0.25, 0.3) is 0 Å². The van der Waals surface area contributed by atoms with Crippen LogP contribution in [0, 0.1) is 0 Å². The van der Waals surface area contributed by atoms with Crippen molar-refractivity contribution in [2.24, 2.45) is 0 Å². The smallest absolute Gasteiger partial charge is 0.365 e. The minimum absolute atomic E-state index is 0.217. The normalized spacial score (nSPS) is 15.9. The molecule has 0 bridgehead atoms. The second kappa shape index (κ2) is 4.51. The van der Waals surface area contributed by atoms with Crippen molar-refractivity contribution >= 4 is 0 Å². The van der Waals surface area contributed by atoms with Crippen LogP contribution in [0.4, 0.5) is 13.2 Å². The molecule has 0 atom stereocenters. The summed E-state index contributed by atoms with van der Waals surface area (Å²) in [6, 6.07) is 3.11. The molecule has 0 saturated heterocycles.